The average molecular weight is 323 g/mol. The Hall–Kier alpha value is -2.47. The Bertz CT molecular complexity index is 965. The predicted octanol–water partition coefficient (Wildman–Crippen LogP) is 1.69. The van der Waals surface area contributed by atoms with Gasteiger partial charge in [0.2, 0.25) is 0 Å². The molecular formula is C18H21N5O. The van der Waals surface area contributed by atoms with Crippen molar-refractivity contribution in [2.24, 2.45) is 12.8 Å². The fourth-order valence-corrected chi connectivity index (χ4v) is 3.46. The fourth-order valence-electron chi connectivity index (χ4n) is 3.46. The molecule has 2 aromatic heterocycles. The topological polar surface area (TPSA) is 78.7 Å². The molecule has 1 fully saturated rings. The maximum Gasteiger partial charge on any atom is 0.189 e. The molecule has 1 aliphatic rings. The van der Waals surface area contributed by atoms with E-state index in [9.17, 15) is 4.79 Å². The number of aryl methyl sites for hydroxylation is 1. The first kappa shape index (κ1) is 15.1. The van der Waals surface area contributed by atoms with E-state index in [1.54, 1.807) is 6.07 Å². The summed E-state index contributed by atoms with van der Waals surface area (Å²) in [5, 5.41) is 9.46. The molecule has 0 radical (unpaired) electrons. The van der Waals surface area contributed by atoms with Crippen molar-refractivity contribution >= 4 is 10.9 Å². The van der Waals surface area contributed by atoms with Gasteiger partial charge in [-0.15, -0.1) is 10.2 Å². The molecule has 2 heterocycles. The summed E-state index contributed by atoms with van der Waals surface area (Å²) in [6, 6.07) is 7.86. The predicted molar refractivity (Wildman–Crippen MR) is 93.0 cm³/mol. The van der Waals surface area contributed by atoms with E-state index in [4.69, 9.17) is 5.73 Å². The Kier molecular flexibility index (Phi) is 3.49. The first-order valence-corrected chi connectivity index (χ1v) is 8.26. The Labute approximate surface area is 139 Å². The van der Waals surface area contributed by atoms with Crippen LogP contribution in [0.2, 0.25) is 0 Å². The first-order valence-electron chi connectivity index (χ1n) is 8.26. The largest absolute Gasteiger partial charge is 0.340 e. The molecule has 3 aromatic rings. The zero-order chi connectivity index (χ0) is 16.8. The lowest BCUT2D eigenvalue weighted by Gasteiger charge is -2.31. The van der Waals surface area contributed by atoms with Crippen LogP contribution >= 0.6 is 0 Å². The Morgan fingerprint density at radius 1 is 1.25 bits per heavy atom. The molecule has 1 saturated carbocycles. The van der Waals surface area contributed by atoms with Crippen LogP contribution in [0, 0.1) is 6.92 Å². The molecule has 0 unspecified atom stereocenters. The number of pyridine rings is 1. The van der Waals surface area contributed by atoms with E-state index < -0.39 is 0 Å². The zero-order valence-corrected chi connectivity index (χ0v) is 13.9. The molecule has 0 spiro atoms. The summed E-state index contributed by atoms with van der Waals surface area (Å²) in [6.45, 7) is 2.58. The third kappa shape index (κ3) is 2.43. The van der Waals surface area contributed by atoms with Crippen molar-refractivity contribution in [2.75, 3.05) is 0 Å². The molecular weight excluding hydrogens is 302 g/mol. The number of fused-ring (bicyclic) bond motifs is 1. The quantitative estimate of drug-likeness (QED) is 0.795. The summed E-state index contributed by atoms with van der Waals surface area (Å²) in [7, 11) is 2.00. The number of hydrogen-bond acceptors (Lipinski definition) is 4. The van der Waals surface area contributed by atoms with Crippen molar-refractivity contribution in [2.45, 2.75) is 38.3 Å². The number of benzene rings is 1. The van der Waals surface area contributed by atoms with E-state index >= 15 is 0 Å². The SMILES string of the molecule is Cc1ccc2c(c1)c(=O)ccn2Cc1nnc(C2CC(N)C2)n1C. The Balaban J connectivity index is 1.70. The van der Waals surface area contributed by atoms with Gasteiger partial charge in [0.05, 0.1) is 12.1 Å². The lowest BCUT2D eigenvalue weighted by Crippen LogP contribution is -2.36. The van der Waals surface area contributed by atoms with Gasteiger partial charge in [-0.05, 0) is 31.9 Å². The highest BCUT2D eigenvalue weighted by Crippen LogP contribution is 2.34. The second kappa shape index (κ2) is 5.56. The molecule has 4 rings (SSSR count). The van der Waals surface area contributed by atoms with Crippen molar-refractivity contribution in [3.05, 3.63) is 57.9 Å². The van der Waals surface area contributed by atoms with E-state index in [-0.39, 0.29) is 5.43 Å². The molecule has 1 aliphatic carbocycles. The monoisotopic (exact) mass is 323 g/mol. The second-order valence-corrected chi connectivity index (χ2v) is 6.79. The van der Waals surface area contributed by atoms with Crippen molar-refractivity contribution in [1.29, 1.82) is 0 Å². The van der Waals surface area contributed by atoms with Gasteiger partial charge in [-0.3, -0.25) is 4.79 Å². The minimum Gasteiger partial charge on any atom is -0.340 e. The van der Waals surface area contributed by atoms with Crippen LogP contribution in [-0.4, -0.2) is 25.4 Å². The van der Waals surface area contributed by atoms with Gasteiger partial charge in [0, 0.05) is 36.7 Å². The maximum atomic E-state index is 12.1. The highest BCUT2D eigenvalue weighted by Gasteiger charge is 2.31. The molecule has 0 atom stereocenters. The summed E-state index contributed by atoms with van der Waals surface area (Å²) in [5.41, 5.74) is 7.93. The molecule has 1 aromatic carbocycles. The summed E-state index contributed by atoms with van der Waals surface area (Å²) in [5.74, 6) is 2.31. The van der Waals surface area contributed by atoms with Crippen LogP contribution < -0.4 is 11.2 Å². The highest BCUT2D eigenvalue weighted by molar-refractivity contribution is 5.79. The molecule has 0 saturated heterocycles. The summed E-state index contributed by atoms with van der Waals surface area (Å²) < 4.78 is 4.12. The number of rotatable bonds is 3. The van der Waals surface area contributed by atoms with Gasteiger partial charge in [0.15, 0.2) is 11.3 Å². The van der Waals surface area contributed by atoms with Crippen molar-refractivity contribution in [3.63, 3.8) is 0 Å². The molecule has 6 heteroatoms. The third-order valence-electron chi connectivity index (χ3n) is 4.98. The Morgan fingerprint density at radius 3 is 2.79 bits per heavy atom. The van der Waals surface area contributed by atoms with Crippen LogP contribution in [0.3, 0.4) is 0 Å². The normalized spacial score (nSPS) is 20.3. The van der Waals surface area contributed by atoms with Crippen molar-refractivity contribution in [1.82, 2.24) is 19.3 Å². The summed E-state index contributed by atoms with van der Waals surface area (Å²) >= 11 is 0. The fraction of sp³-hybridized carbons (Fsp3) is 0.389. The van der Waals surface area contributed by atoms with Crippen molar-refractivity contribution in [3.8, 4) is 0 Å². The smallest absolute Gasteiger partial charge is 0.189 e. The zero-order valence-electron chi connectivity index (χ0n) is 13.9. The number of hydrogen-bond donors (Lipinski definition) is 1. The van der Waals surface area contributed by atoms with E-state index in [1.165, 1.54) is 0 Å². The molecule has 24 heavy (non-hydrogen) atoms. The minimum absolute atomic E-state index is 0.0482. The van der Waals surface area contributed by atoms with E-state index in [0.29, 0.717) is 18.5 Å². The van der Waals surface area contributed by atoms with Gasteiger partial charge in [0.1, 0.15) is 5.82 Å². The van der Waals surface area contributed by atoms with Gasteiger partial charge in [0.25, 0.3) is 0 Å². The number of nitrogens with two attached hydrogens (primary N) is 1. The maximum absolute atomic E-state index is 12.1. The minimum atomic E-state index is 0.0482. The van der Waals surface area contributed by atoms with Gasteiger partial charge >= 0.3 is 0 Å². The van der Waals surface area contributed by atoms with Crippen LogP contribution in [0.1, 0.15) is 36.0 Å². The molecule has 2 N–H and O–H groups in total. The Morgan fingerprint density at radius 2 is 2.04 bits per heavy atom. The number of aromatic nitrogens is 4. The summed E-state index contributed by atoms with van der Waals surface area (Å²) in [4.78, 5) is 12.1. The second-order valence-electron chi connectivity index (χ2n) is 6.79. The lowest BCUT2D eigenvalue weighted by molar-refractivity contribution is 0.331. The van der Waals surface area contributed by atoms with E-state index in [1.807, 2.05) is 38.4 Å². The molecule has 0 bridgehead atoms. The number of nitrogens with zero attached hydrogens (tertiary/aromatic N) is 4. The van der Waals surface area contributed by atoms with Crippen LogP contribution in [-0.2, 0) is 13.6 Å². The average Bonchev–Trinajstić information content (AvgIpc) is 2.88. The van der Waals surface area contributed by atoms with Crippen LogP contribution in [0.25, 0.3) is 10.9 Å². The van der Waals surface area contributed by atoms with Gasteiger partial charge in [-0.1, -0.05) is 11.6 Å². The van der Waals surface area contributed by atoms with Gasteiger partial charge in [-0.2, -0.15) is 0 Å². The van der Waals surface area contributed by atoms with E-state index in [2.05, 4.69) is 19.3 Å². The highest BCUT2D eigenvalue weighted by atomic mass is 16.1. The van der Waals surface area contributed by atoms with Gasteiger partial charge in [-0.25, -0.2) is 0 Å². The van der Waals surface area contributed by atoms with E-state index in [0.717, 1.165) is 41.0 Å². The first-order chi connectivity index (χ1) is 11.5. The van der Waals surface area contributed by atoms with Crippen LogP contribution in [0.5, 0.6) is 0 Å². The standard InChI is InChI=1S/C18H21N5O/c1-11-3-4-15-14(7-11)16(24)5-6-23(15)10-17-20-21-18(22(17)2)12-8-13(19)9-12/h3-7,12-13H,8-10,19H2,1-2H3. The summed E-state index contributed by atoms with van der Waals surface area (Å²) in [6.07, 6.45) is 3.78. The van der Waals surface area contributed by atoms with Gasteiger partial charge < -0.3 is 14.9 Å². The molecule has 0 amide bonds. The molecule has 6 nitrogen and oxygen atoms in total. The lowest BCUT2D eigenvalue weighted by atomic mass is 9.80. The molecule has 0 aliphatic heterocycles. The molecule has 124 valence electrons. The van der Waals surface area contributed by atoms with Crippen molar-refractivity contribution < 1.29 is 0 Å². The van der Waals surface area contributed by atoms with Crippen LogP contribution in [0.4, 0.5) is 0 Å². The third-order valence-corrected chi connectivity index (χ3v) is 4.98. The van der Waals surface area contributed by atoms with Crippen LogP contribution in [0.15, 0.2) is 35.3 Å².